The Bertz CT molecular complexity index is 1200. The topological polar surface area (TPSA) is 104 Å². The fraction of sp³-hybridized carbons (Fsp3) is 0.182. The van der Waals surface area contributed by atoms with Gasteiger partial charge in [-0.1, -0.05) is 36.4 Å². The standard InChI is InChI=1S/C22H21N3O4S2/c26-21(24-25-22(27)20-19(11-12-30-20)16-9-10-16)17-7-4-8-18(13-17)31(28,29)23-14-15-5-2-1-3-6-15/h1-8,11-13,16,23H,9-10,14H2,(H,24,26)(H,25,27). The zero-order chi connectivity index (χ0) is 21.8. The summed E-state index contributed by atoms with van der Waals surface area (Å²) in [5.74, 6) is -0.551. The van der Waals surface area contributed by atoms with Crippen LogP contribution in [0.15, 0.2) is 70.9 Å². The molecule has 4 rings (SSSR count). The molecular formula is C22H21N3O4S2. The summed E-state index contributed by atoms with van der Waals surface area (Å²) in [6, 6.07) is 16.7. The van der Waals surface area contributed by atoms with Gasteiger partial charge < -0.3 is 0 Å². The van der Waals surface area contributed by atoms with Crippen molar-refractivity contribution in [1.82, 2.24) is 15.6 Å². The van der Waals surface area contributed by atoms with E-state index in [2.05, 4.69) is 15.6 Å². The largest absolute Gasteiger partial charge is 0.280 e. The molecule has 3 aromatic rings. The van der Waals surface area contributed by atoms with Crippen LogP contribution < -0.4 is 15.6 Å². The fourth-order valence-corrected chi connectivity index (χ4v) is 5.07. The first-order valence-corrected chi connectivity index (χ1v) is 12.1. The maximum atomic E-state index is 12.6. The van der Waals surface area contributed by atoms with Gasteiger partial charge in [0, 0.05) is 12.1 Å². The minimum atomic E-state index is -3.81. The highest BCUT2D eigenvalue weighted by atomic mass is 32.2. The van der Waals surface area contributed by atoms with Gasteiger partial charge in [0.25, 0.3) is 11.8 Å². The van der Waals surface area contributed by atoms with E-state index in [4.69, 9.17) is 0 Å². The van der Waals surface area contributed by atoms with E-state index in [-0.39, 0.29) is 22.9 Å². The molecule has 3 N–H and O–H groups in total. The molecule has 0 atom stereocenters. The molecule has 0 aliphatic heterocycles. The summed E-state index contributed by atoms with van der Waals surface area (Å²) < 4.78 is 27.7. The van der Waals surface area contributed by atoms with E-state index in [0.29, 0.717) is 10.8 Å². The first kappa shape index (κ1) is 21.2. The van der Waals surface area contributed by atoms with Gasteiger partial charge in [-0.2, -0.15) is 0 Å². The number of benzene rings is 2. The summed E-state index contributed by atoms with van der Waals surface area (Å²) in [6.45, 7) is 0.139. The van der Waals surface area contributed by atoms with Crippen molar-refractivity contribution in [2.75, 3.05) is 0 Å². The number of thiophene rings is 1. The van der Waals surface area contributed by atoms with Crippen molar-refractivity contribution in [1.29, 1.82) is 0 Å². The molecule has 0 saturated heterocycles. The Morgan fingerprint density at radius 2 is 1.68 bits per heavy atom. The maximum Gasteiger partial charge on any atom is 0.280 e. The molecule has 2 amide bonds. The van der Waals surface area contributed by atoms with Crippen LogP contribution in [-0.4, -0.2) is 20.2 Å². The molecule has 1 heterocycles. The number of hydrogen-bond acceptors (Lipinski definition) is 5. The fourth-order valence-electron chi connectivity index (χ4n) is 3.12. The van der Waals surface area contributed by atoms with E-state index < -0.39 is 15.9 Å². The second kappa shape index (κ2) is 9.01. The molecule has 1 saturated carbocycles. The van der Waals surface area contributed by atoms with Gasteiger partial charge in [0.05, 0.1) is 9.77 Å². The smallest absolute Gasteiger partial charge is 0.267 e. The normalized spacial score (nSPS) is 13.5. The third kappa shape index (κ3) is 5.19. The number of carbonyl (C=O) groups excluding carboxylic acids is 2. The zero-order valence-corrected chi connectivity index (χ0v) is 18.1. The first-order chi connectivity index (χ1) is 14.9. The van der Waals surface area contributed by atoms with E-state index in [1.54, 1.807) is 0 Å². The molecule has 0 radical (unpaired) electrons. The first-order valence-electron chi connectivity index (χ1n) is 9.76. The molecule has 1 aliphatic carbocycles. The van der Waals surface area contributed by atoms with Crippen LogP contribution in [0.25, 0.3) is 0 Å². The van der Waals surface area contributed by atoms with Gasteiger partial charge in [0.15, 0.2) is 0 Å². The number of amides is 2. The van der Waals surface area contributed by atoms with Gasteiger partial charge in [-0.15, -0.1) is 11.3 Å². The average Bonchev–Trinajstić information content (AvgIpc) is 3.52. The maximum absolute atomic E-state index is 12.6. The molecule has 0 bridgehead atoms. The molecular weight excluding hydrogens is 434 g/mol. The molecule has 1 aliphatic rings. The lowest BCUT2D eigenvalue weighted by atomic mass is 10.1. The average molecular weight is 456 g/mol. The number of carbonyl (C=O) groups is 2. The minimum absolute atomic E-state index is 0.0308. The number of hydrogen-bond donors (Lipinski definition) is 3. The van der Waals surface area contributed by atoms with Gasteiger partial charge in [0.1, 0.15) is 0 Å². The Balaban J connectivity index is 1.39. The summed E-state index contributed by atoms with van der Waals surface area (Å²) in [5, 5.41) is 1.86. The molecule has 160 valence electrons. The number of nitrogens with one attached hydrogen (secondary N) is 3. The molecule has 1 aromatic heterocycles. The number of sulfonamides is 1. The van der Waals surface area contributed by atoms with Crippen LogP contribution in [0.4, 0.5) is 0 Å². The van der Waals surface area contributed by atoms with E-state index >= 15 is 0 Å². The third-order valence-corrected chi connectivity index (χ3v) is 7.25. The van der Waals surface area contributed by atoms with Crippen molar-refractivity contribution >= 4 is 33.2 Å². The number of rotatable bonds is 7. The van der Waals surface area contributed by atoms with E-state index in [9.17, 15) is 18.0 Å². The Hall–Kier alpha value is -3.01. The van der Waals surface area contributed by atoms with Crippen LogP contribution in [0, 0.1) is 0 Å². The Morgan fingerprint density at radius 1 is 0.935 bits per heavy atom. The summed E-state index contributed by atoms with van der Waals surface area (Å²) in [4.78, 5) is 25.4. The van der Waals surface area contributed by atoms with Crippen molar-refractivity contribution < 1.29 is 18.0 Å². The van der Waals surface area contributed by atoms with Gasteiger partial charge in [0.2, 0.25) is 10.0 Å². The van der Waals surface area contributed by atoms with Gasteiger partial charge >= 0.3 is 0 Å². The molecule has 31 heavy (non-hydrogen) atoms. The molecule has 2 aromatic carbocycles. The number of hydrazine groups is 1. The summed E-state index contributed by atoms with van der Waals surface area (Å²) in [6.07, 6.45) is 2.14. The van der Waals surface area contributed by atoms with Crippen LogP contribution in [0.5, 0.6) is 0 Å². The molecule has 0 spiro atoms. The van der Waals surface area contributed by atoms with Crippen molar-refractivity contribution in [2.45, 2.75) is 30.2 Å². The monoisotopic (exact) mass is 455 g/mol. The molecule has 7 nitrogen and oxygen atoms in total. The molecule has 0 unspecified atom stereocenters. The van der Waals surface area contributed by atoms with Crippen LogP contribution in [0.2, 0.25) is 0 Å². The van der Waals surface area contributed by atoms with Crippen molar-refractivity contribution in [3.05, 3.63) is 87.6 Å². The minimum Gasteiger partial charge on any atom is -0.267 e. The lowest BCUT2D eigenvalue weighted by molar-refractivity contribution is 0.0848. The Morgan fingerprint density at radius 3 is 2.42 bits per heavy atom. The second-order valence-corrected chi connectivity index (χ2v) is 9.91. The van der Waals surface area contributed by atoms with Crippen molar-refractivity contribution in [3.8, 4) is 0 Å². The van der Waals surface area contributed by atoms with Crippen molar-refractivity contribution in [3.63, 3.8) is 0 Å². The van der Waals surface area contributed by atoms with Crippen molar-refractivity contribution in [2.24, 2.45) is 0 Å². The molecule has 9 heteroatoms. The van der Waals surface area contributed by atoms with E-state index in [0.717, 1.165) is 24.0 Å². The SMILES string of the molecule is O=C(NNC(=O)c1sccc1C1CC1)c1cccc(S(=O)(=O)NCc2ccccc2)c1. The zero-order valence-electron chi connectivity index (χ0n) is 16.5. The van der Waals surface area contributed by atoms with Crippen LogP contribution in [0.3, 0.4) is 0 Å². The third-order valence-electron chi connectivity index (χ3n) is 4.92. The molecule has 1 fully saturated rings. The lowest BCUT2D eigenvalue weighted by Crippen LogP contribution is -2.41. The highest BCUT2D eigenvalue weighted by Gasteiger charge is 2.29. The predicted molar refractivity (Wildman–Crippen MR) is 118 cm³/mol. The Labute approximate surface area is 184 Å². The Kier molecular flexibility index (Phi) is 6.17. The second-order valence-electron chi connectivity index (χ2n) is 7.23. The highest BCUT2D eigenvalue weighted by Crippen LogP contribution is 2.43. The van der Waals surface area contributed by atoms with Gasteiger partial charge in [-0.25, -0.2) is 13.1 Å². The quantitative estimate of drug-likeness (QED) is 0.476. The van der Waals surface area contributed by atoms with E-state index in [1.165, 1.54) is 35.6 Å². The van der Waals surface area contributed by atoms with E-state index in [1.807, 2.05) is 41.8 Å². The van der Waals surface area contributed by atoms with Crippen LogP contribution >= 0.6 is 11.3 Å². The summed E-state index contributed by atoms with van der Waals surface area (Å²) >= 11 is 1.33. The predicted octanol–water partition coefficient (Wildman–Crippen LogP) is 3.18. The van der Waals surface area contributed by atoms with Crippen LogP contribution in [0.1, 0.15) is 49.9 Å². The highest BCUT2D eigenvalue weighted by molar-refractivity contribution is 7.89. The van der Waals surface area contributed by atoms with Gasteiger partial charge in [-0.3, -0.25) is 20.4 Å². The lowest BCUT2D eigenvalue weighted by Gasteiger charge is -2.10. The van der Waals surface area contributed by atoms with Gasteiger partial charge in [-0.05, 0) is 59.5 Å². The summed E-state index contributed by atoms with van der Waals surface area (Å²) in [5.41, 5.74) is 6.73. The van der Waals surface area contributed by atoms with Crippen LogP contribution in [-0.2, 0) is 16.6 Å². The summed E-state index contributed by atoms with van der Waals surface area (Å²) in [7, 11) is -3.81.